The number of carbonyl (C=O) groups is 1. The van der Waals surface area contributed by atoms with Crippen LogP contribution in [0.4, 0.5) is 8.78 Å². The van der Waals surface area contributed by atoms with Gasteiger partial charge in [0.25, 0.3) is 5.75 Å². The van der Waals surface area contributed by atoms with Crippen LogP contribution in [-0.4, -0.2) is 11.4 Å². The van der Waals surface area contributed by atoms with Gasteiger partial charge in [-0.25, -0.2) is 8.78 Å². The molecule has 0 amide bonds. The molecule has 0 N–H and O–H groups in total. The molecule has 6 heteroatoms. The Balaban J connectivity index is 2.17. The van der Waals surface area contributed by atoms with E-state index in [2.05, 4.69) is 0 Å². The Bertz CT molecular complexity index is 903. The summed E-state index contributed by atoms with van der Waals surface area (Å²) < 4.78 is 44.2. The molecule has 0 spiro atoms. The van der Waals surface area contributed by atoms with Crippen molar-refractivity contribution in [1.29, 1.82) is 0 Å². The van der Waals surface area contributed by atoms with E-state index in [4.69, 9.17) is 4.74 Å². The summed E-state index contributed by atoms with van der Waals surface area (Å²) in [7, 11) is 0. The van der Waals surface area contributed by atoms with E-state index in [1.807, 2.05) is 0 Å². The van der Waals surface area contributed by atoms with Crippen LogP contribution in [0.3, 0.4) is 0 Å². The molecule has 0 fully saturated rings. The zero-order chi connectivity index (χ0) is 18.2. The number of carbonyl (C=O) groups excluding carboxylic acids is 1. The Morgan fingerprint density at radius 3 is 2.48 bits per heavy atom. The summed E-state index contributed by atoms with van der Waals surface area (Å²) in [4.78, 5) is 12.7. The molecule has 0 saturated heterocycles. The van der Waals surface area contributed by atoms with Gasteiger partial charge in [-0.2, -0.15) is 0 Å². The largest absolute Gasteiger partial charge is 0.478 e. The van der Waals surface area contributed by atoms with Gasteiger partial charge < -0.3 is 4.74 Å². The van der Waals surface area contributed by atoms with Crippen molar-refractivity contribution in [2.24, 2.45) is 0 Å². The Labute approximate surface area is 147 Å². The lowest BCUT2D eigenvalue weighted by molar-refractivity contribution is -0.125. The number of rotatable bonds is 4. The molecule has 128 valence electrons. The topological polar surface area (TPSA) is 43.4 Å². The molecule has 3 rings (SSSR count). The third-order valence-corrected chi connectivity index (χ3v) is 4.43. The second-order valence-corrected chi connectivity index (χ2v) is 6.75. The lowest BCUT2D eigenvalue weighted by Crippen LogP contribution is -2.29. The number of hydrogen-bond donors (Lipinski definition) is 0. The van der Waals surface area contributed by atoms with E-state index in [1.54, 1.807) is 26.0 Å². The molecule has 0 atom stereocenters. The molecular weight excluding hydrogens is 346 g/mol. The van der Waals surface area contributed by atoms with Crippen molar-refractivity contribution in [3.63, 3.8) is 0 Å². The van der Waals surface area contributed by atoms with Gasteiger partial charge in [0.1, 0.15) is 17.4 Å². The summed E-state index contributed by atoms with van der Waals surface area (Å²) in [5, 5.41) is 0. The molecule has 2 aromatic rings. The lowest BCUT2D eigenvalue weighted by Gasteiger charge is -2.18. The first-order valence-corrected chi connectivity index (χ1v) is 8.52. The fourth-order valence-electron chi connectivity index (χ4n) is 2.74. The molecular formula is C19H15F2O3S+. The van der Waals surface area contributed by atoms with E-state index >= 15 is 0 Å². The minimum atomic E-state index is -1.13. The van der Waals surface area contributed by atoms with Crippen LogP contribution in [0.1, 0.15) is 30.5 Å². The van der Waals surface area contributed by atoms with Gasteiger partial charge in [0.15, 0.2) is 5.60 Å². The molecule has 1 aliphatic heterocycles. The first-order valence-electron chi connectivity index (χ1n) is 7.61. The first-order chi connectivity index (χ1) is 11.8. The monoisotopic (exact) mass is 361 g/mol. The van der Waals surface area contributed by atoms with Crippen LogP contribution < -0.4 is 0 Å². The second-order valence-electron chi connectivity index (χ2n) is 6.22. The van der Waals surface area contributed by atoms with Gasteiger partial charge >= 0.3 is 11.7 Å². The smallest absolute Gasteiger partial charge is 0.463 e. The van der Waals surface area contributed by atoms with E-state index in [0.717, 1.165) is 0 Å². The van der Waals surface area contributed by atoms with E-state index in [-0.39, 0.29) is 40.1 Å². The predicted molar refractivity (Wildman–Crippen MR) is 91.5 cm³/mol. The van der Waals surface area contributed by atoms with Gasteiger partial charge in [0, 0.05) is 9.77 Å². The molecule has 1 heterocycles. The third-order valence-electron chi connectivity index (χ3n) is 4.00. The summed E-state index contributed by atoms with van der Waals surface area (Å²) >= 11 is 0.277. The highest BCUT2D eigenvalue weighted by Gasteiger charge is 2.43. The number of ketones is 1. The van der Waals surface area contributed by atoms with Gasteiger partial charge in [-0.3, -0.25) is 4.79 Å². The normalized spacial score (nSPS) is 16.1. The van der Waals surface area contributed by atoms with Gasteiger partial charge in [0.2, 0.25) is 5.78 Å². The molecule has 0 unspecified atom stereocenters. The summed E-state index contributed by atoms with van der Waals surface area (Å²) in [5.74, 6) is -1.11. The van der Waals surface area contributed by atoms with Crippen molar-refractivity contribution in [2.75, 3.05) is 0 Å². The Kier molecular flexibility index (Phi) is 4.47. The van der Waals surface area contributed by atoms with Gasteiger partial charge in [0.05, 0.1) is 11.1 Å². The molecule has 0 radical (unpaired) electrons. The number of Topliss-reactive ketones (excluding diaryl/α,β-unsaturated/α-hetero) is 1. The molecule has 0 aliphatic carbocycles. The molecule has 25 heavy (non-hydrogen) atoms. The van der Waals surface area contributed by atoms with Crippen LogP contribution in [0.5, 0.6) is 0 Å². The average molecular weight is 361 g/mol. The number of hydrogen-bond acceptors (Lipinski definition) is 3. The van der Waals surface area contributed by atoms with Crippen LogP contribution in [0.15, 0.2) is 42.5 Å². The second kappa shape index (κ2) is 6.44. The minimum Gasteiger partial charge on any atom is -0.478 e. The van der Waals surface area contributed by atoms with Crippen molar-refractivity contribution in [3.05, 3.63) is 70.8 Å². The standard InChI is InChI=1S/C19H15F2O3S/c1-19(2)18(22)16(11-4-3-5-14(20)8-11)17(24-19)12-6-7-13(10-25-23)15(21)9-12/h3-9H,10H2,1-2H3/q+1. The molecule has 3 nitrogen and oxygen atoms in total. The van der Waals surface area contributed by atoms with Crippen LogP contribution in [0.2, 0.25) is 0 Å². The average Bonchev–Trinajstić information content (AvgIpc) is 2.80. The summed E-state index contributed by atoms with van der Waals surface area (Å²) in [6.07, 6.45) is 0. The maximum Gasteiger partial charge on any atom is 0.463 e. The van der Waals surface area contributed by atoms with Crippen LogP contribution in [0, 0.1) is 11.6 Å². The van der Waals surface area contributed by atoms with E-state index in [0.29, 0.717) is 11.1 Å². The highest BCUT2D eigenvalue weighted by molar-refractivity contribution is 7.64. The van der Waals surface area contributed by atoms with Crippen molar-refractivity contribution < 1.29 is 22.5 Å². The molecule has 0 aromatic heterocycles. The van der Waals surface area contributed by atoms with Crippen molar-refractivity contribution in [3.8, 4) is 0 Å². The quantitative estimate of drug-likeness (QED) is 0.769. The Morgan fingerprint density at radius 1 is 1.08 bits per heavy atom. The van der Waals surface area contributed by atoms with E-state index in [1.165, 1.54) is 30.3 Å². The van der Waals surface area contributed by atoms with Crippen LogP contribution in [0.25, 0.3) is 11.3 Å². The number of benzene rings is 2. The van der Waals surface area contributed by atoms with E-state index < -0.39 is 17.2 Å². The third kappa shape index (κ3) is 3.22. The molecule has 0 bridgehead atoms. The zero-order valence-corrected chi connectivity index (χ0v) is 14.5. The van der Waals surface area contributed by atoms with Gasteiger partial charge in [-0.05, 0) is 43.7 Å². The number of ether oxygens (including phenoxy) is 1. The zero-order valence-electron chi connectivity index (χ0n) is 13.6. The first kappa shape index (κ1) is 17.4. The van der Waals surface area contributed by atoms with Crippen LogP contribution >= 0.6 is 0 Å². The maximum atomic E-state index is 14.2. The fraction of sp³-hybridized carbons (Fsp3) is 0.211. The van der Waals surface area contributed by atoms with E-state index in [9.17, 15) is 17.8 Å². The highest BCUT2D eigenvalue weighted by atomic mass is 32.1. The predicted octanol–water partition coefficient (Wildman–Crippen LogP) is 4.14. The Morgan fingerprint density at radius 2 is 1.84 bits per heavy atom. The van der Waals surface area contributed by atoms with Crippen molar-refractivity contribution >= 4 is 28.8 Å². The molecule has 1 aliphatic rings. The summed E-state index contributed by atoms with van der Waals surface area (Å²) in [5.41, 5.74) is 0.118. The molecule has 0 saturated carbocycles. The molecule has 2 aromatic carbocycles. The summed E-state index contributed by atoms with van der Waals surface area (Å²) in [6.45, 7) is 3.22. The lowest BCUT2D eigenvalue weighted by atomic mass is 9.92. The Hall–Kier alpha value is -2.47. The minimum absolute atomic E-state index is 0.00714. The summed E-state index contributed by atoms with van der Waals surface area (Å²) in [6, 6.07) is 9.96. The van der Waals surface area contributed by atoms with Crippen molar-refractivity contribution in [2.45, 2.75) is 25.2 Å². The highest BCUT2D eigenvalue weighted by Crippen LogP contribution is 2.41. The SMILES string of the molecule is CC1(C)OC(c2ccc(C[S+]=O)c(F)c2)=C(c2cccc(F)c2)C1=O. The van der Waals surface area contributed by atoms with Crippen molar-refractivity contribution in [1.82, 2.24) is 0 Å². The van der Waals surface area contributed by atoms with Gasteiger partial charge in [-0.1, -0.05) is 18.2 Å². The van der Waals surface area contributed by atoms with Gasteiger partial charge in [-0.15, -0.1) is 0 Å². The van der Waals surface area contributed by atoms with Crippen LogP contribution in [-0.2, 0) is 31.2 Å². The maximum absolute atomic E-state index is 14.2. The number of halogens is 2. The fourth-order valence-corrected chi connectivity index (χ4v) is 3.10.